The Labute approximate surface area is 122 Å². The third-order valence-corrected chi connectivity index (χ3v) is 2.44. The summed E-state index contributed by atoms with van der Waals surface area (Å²) in [6.07, 6.45) is 0.741. The van der Waals surface area contributed by atoms with Crippen molar-refractivity contribution in [3.63, 3.8) is 0 Å². The van der Waals surface area contributed by atoms with E-state index in [0.717, 1.165) is 0 Å². The standard InChI is InChI=1S/C13H17ClN2O4/c1-8(2)20-12-10(14)5-9(6-11(12)18-3)7-15-16-13(17)19-4/h5-8H,1-4H3,(H,16,17)/b15-7-. The number of nitrogens with zero attached hydrogens (tertiary/aromatic N) is 1. The number of carbonyl (C=O) groups excluding carboxylic acids is 1. The van der Waals surface area contributed by atoms with E-state index in [1.165, 1.54) is 20.4 Å². The zero-order valence-electron chi connectivity index (χ0n) is 11.8. The number of hydrogen-bond acceptors (Lipinski definition) is 5. The Morgan fingerprint density at radius 2 is 2.10 bits per heavy atom. The van der Waals surface area contributed by atoms with E-state index in [-0.39, 0.29) is 6.10 Å². The maximum absolute atomic E-state index is 10.8. The van der Waals surface area contributed by atoms with Crippen molar-refractivity contribution in [2.75, 3.05) is 14.2 Å². The predicted molar refractivity (Wildman–Crippen MR) is 76.9 cm³/mol. The first-order valence-electron chi connectivity index (χ1n) is 5.89. The minimum absolute atomic E-state index is 0.0260. The Morgan fingerprint density at radius 1 is 1.40 bits per heavy atom. The van der Waals surface area contributed by atoms with Crippen molar-refractivity contribution in [3.05, 3.63) is 22.7 Å². The fraction of sp³-hybridized carbons (Fsp3) is 0.385. The molecular formula is C13H17ClN2O4. The summed E-state index contributed by atoms with van der Waals surface area (Å²) in [5.41, 5.74) is 2.83. The van der Waals surface area contributed by atoms with E-state index >= 15 is 0 Å². The van der Waals surface area contributed by atoms with Crippen LogP contribution in [-0.2, 0) is 4.74 Å². The molecule has 1 aromatic carbocycles. The molecule has 1 aromatic rings. The maximum Gasteiger partial charge on any atom is 0.427 e. The van der Waals surface area contributed by atoms with E-state index < -0.39 is 6.09 Å². The summed E-state index contributed by atoms with van der Waals surface area (Å²) in [6, 6.07) is 3.36. The maximum atomic E-state index is 10.8. The van der Waals surface area contributed by atoms with Gasteiger partial charge in [0.2, 0.25) is 0 Å². The smallest absolute Gasteiger partial charge is 0.427 e. The van der Waals surface area contributed by atoms with Gasteiger partial charge in [-0.3, -0.25) is 0 Å². The summed E-state index contributed by atoms with van der Waals surface area (Å²) >= 11 is 6.15. The first-order valence-corrected chi connectivity index (χ1v) is 6.27. The summed E-state index contributed by atoms with van der Waals surface area (Å²) in [6.45, 7) is 3.79. The lowest BCUT2D eigenvalue weighted by Crippen LogP contribution is -2.16. The lowest BCUT2D eigenvalue weighted by atomic mass is 10.2. The molecule has 7 heteroatoms. The molecule has 6 nitrogen and oxygen atoms in total. The first-order chi connectivity index (χ1) is 9.47. The third kappa shape index (κ3) is 4.62. The highest BCUT2D eigenvalue weighted by atomic mass is 35.5. The lowest BCUT2D eigenvalue weighted by molar-refractivity contribution is 0.171. The molecule has 1 N–H and O–H groups in total. The predicted octanol–water partition coefficient (Wildman–Crippen LogP) is 2.83. The minimum atomic E-state index is -0.654. The number of rotatable bonds is 5. The molecule has 20 heavy (non-hydrogen) atoms. The number of hydrazone groups is 1. The average Bonchev–Trinajstić information content (AvgIpc) is 2.40. The van der Waals surface area contributed by atoms with Gasteiger partial charge in [0, 0.05) is 0 Å². The molecule has 0 saturated carbocycles. The summed E-state index contributed by atoms with van der Waals surface area (Å²) in [4.78, 5) is 10.8. The number of methoxy groups -OCH3 is 2. The number of halogens is 1. The Kier molecular flexibility index (Phi) is 6.11. The SMILES string of the molecule is COC(=O)N/N=C\c1cc(Cl)c(OC(C)C)c(OC)c1. The molecule has 0 unspecified atom stereocenters. The van der Waals surface area contributed by atoms with Crippen LogP contribution in [0.25, 0.3) is 0 Å². The van der Waals surface area contributed by atoms with Crippen LogP contribution in [0.3, 0.4) is 0 Å². The second-order valence-electron chi connectivity index (χ2n) is 4.06. The van der Waals surface area contributed by atoms with Gasteiger partial charge in [0.05, 0.1) is 31.6 Å². The number of carbonyl (C=O) groups is 1. The van der Waals surface area contributed by atoms with E-state index in [1.54, 1.807) is 12.1 Å². The Balaban J connectivity index is 2.95. The number of nitrogens with one attached hydrogen (secondary N) is 1. The average molecular weight is 301 g/mol. The molecule has 0 bridgehead atoms. The van der Waals surface area contributed by atoms with Crippen molar-refractivity contribution in [1.29, 1.82) is 0 Å². The second kappa shape index (κ2) is 7.59. The van der Waals surface area contributed by atoms with Crippen molar-refractivity contribution in [2.45, 2.75) is 20.0 Å². The molecule has 0 atom stereocenters. The van der Waals surface area contributed by atoms with Crippen LogP contribution in [0, 0.1) is 0 Å². The van der Waals surface area contributed by atoms with E-state index in [1.807, 2.05) is 13.8 Å². The van der Waals surface area contributed by atoms with Crippen LogP contribution in [0.5, 0.6) is 11.5 Å². The molecule has 0 aromatic heterocycles. The Bertz CT molecular complexity index is 503. The highest BCUT2D eigenvalue weighted by Gasteiger charge is 2.12. The summed E-state index contributed by atoms with van der Waals surface area (Å²) < 4.78 is 15.2. The first kappa shape index (κ1) is 16.1. The van der Waals surface area contributed by atoms with Crippen molar-refractivity contribution >= 4 is 23.9 Å². The van der Waals surface area contributed by atoms with Crippen LogP contribution in [0.4, 0.5) is 4.79 Å². The monoisotopic (exact) mass is 300 g/mol. The van der Waals surface area contributed by atoms with Gasteiger partial charge in [0.1, 0.15) is 0 Å². The Hall–Kier alpha value is -1.95. The summed E-state index contributed by atoms with van der Waals surface area (Å²) in [7, 11) is 2.77. The molecule has 0 aliphatic carbocycles. The number of hydrogen-bond donors (Lipinski definition) is 1. The molecule has 1 amide bonds. The molecule has 0 fully saturated rings. The minimum Gasteiger partial charge on any atom is -0.493 e. The van der Waals surface area contributed by atoms with Gasteiger partial charge in [-0.05, 0) is 31.5 Å². The van der Waals surface area contributed by atoms with Crippen LogP contribution < -0.4 is 14.9 Å². The van der Waals surface area contributed by atoms with Gasteiger partial charge in [-0.25, -0.2) is 10.2 Å². The van der Waals surface area contributed by atoms with Crippen LogP contribution in [0.1, 0.15) is 19.4 Å². The van der Waals surface area contributed by atoms with Gasteiger partial charge >= 0.3 is 6.09 Å². The van der Waals surface area contributed by atoms with E-state index in [0.29, 0.717) is 22.1 Å². The van der Waals surface area contributed by atoms with Crippen molar-refractivity contribution < 1.29 is 19.0 Å². The summed E-state index contributed by atoms with van der Waals surface area (Å²) in [5.74, 6) is 0.966. The van der Waals surface area contributed by atoms with Crippen molar-refractivity contribution in [3.8, 4) is 11.5 Å². The number of amides is 1. The van der Waals surface area contributed by atoms with Gasteiger partial charge in [-0.2, -0.15) is 5.10 Å². The zero-order valence-corrected chi connectivity index (χ0v) is 12.5. The lowest BCUT2D eigenvalue weighted by Gasteiger charge is -2.15. The molecule has 0 spiro atoms. The van der Waals surface area contributed by atoms with E-state index in [4.69, 9.17) is 21.1 Å². The second-order valence-corrected chi connectivity index (χ2v) is 4.47. The van der Waals surface area contributed by atoms with Crippen LogP contribution in [-0.4, -0.2) is 32.6 Å². The molecular weight excluding hydrogens is 284 g/mol. The van der Waals surface area contributed by atoms with Gasteiger partial charge in [-0.1, -0.05) is 11.6 Å². The summed E-state index contributed by atoms with van der Waals surface area (Å²) in [5, 5.41) is 4.12. The van der Waals surface area contributed by atoms with Crippen LogP contribution >= 0.6 is 11.6 Å². The zero-order chi connectivity index (χ0) is 15.1. The van der Waals surface area contributed by atoms with Crippen molar-refractivity contribution in [1.82, 2.24) is 5.43 Å². The molecule has 110 valence electrons. The highest BCUT2D eigenvalue weighted by Crippen LogP contribution is 2.36. The number of ether oxygens (including phenoxy) is 3. The molecule has 0 aliphatic heterocycles. The molecule has 0 heterocycles. The molecule has 1 rings (SSSR count). The molecule has 0 saturated heterocycles. The van der Waals surface area contributed by atoms with E-state index in [2.05, 4.69) is 15.3 Å². The largest absolute Gasteiger partial charge is 0.493 e. The Morgan fingerprint density at radius 3 is 2.65 bits per heavy atom. The van der Waals surface area contributed by atoms with Gasteiger partial charge in [0.25, 0.3) is 0 Å². The van der Waals surface area contributed by atoms with Crippen molar-refractivity contribution in [2.24, 2.45) is 5.10 Å². The number of benzene rings is 1. The molecule has 0 aliphatic rings. The fourth-order valence-corrected chi connectivity index (χ4v) is 1.63. The topological polar surface area (TPSA) is 69.2 Å². The molecule has 0 radical (unpaired) electrons. The third-order valence-electron chi connectivity index (χ3n) is 2.16. The van der Waals surface area contributed by atoms with Gasteiger partial charge in [-0.15, -0.1) is 0 Å². The van der Waals surface area contributed by atoms with Gasteiger partial charge in [0.15, 0.2) is 11.5 Å². The highest BCUT2D eigenvalue weighted by molar-refractivity contribution is 6.32. The van der Waals surface area contributed by atoms with Crippen LogP contribution in [0.15, 0.2) is 17.2 Å². The van der Waals surface area contributed by atoms with E-state index in [9.17, 15) is 4.79 Å². The van der Waals surface area contributed by atoms with Gasteiger partial charge < -0.3 is 14.2 Å². The quantitative estimate of drug-likeness (QED) is 0.670. The fourth-order valence-electron chi connectivity index (χ4n) is 1.37. The van der Waals surface area contributed by atoms with Crippen LogP contribution in [0.2, 0.25) is 5.02 Å². The normalized spacial score (nSPS) is 10.7.